The Kier molecular flexibility index (Phi) is 4.22. The molecule has 0 unspecified atom stereocenters. The van der Waals surface area contributed by atoms with Gasteiger partial charge in [-0.3, -0.25) is 9.89 Å². The Morgan fingerprint density at radius 3 is 2.70 bits per heavy atom. The third kappa shape index (κ3) is 3.07. The lowest BCUT2D eigenvalue weighted by molar-refractivity contribution is 0.0690. The third-order valence-corrected chi connectivity index (χ3v) is 3.77. The largest absolute Gasteiger partial charge is 0.477 e. The standard InChI is InChI=1S/C14H19N3O3/c1-2-6-14(7-4-3-5-8-14)15-12(18)10-9-11(13(19)20)17-16-10/h2,9H,1,3-8H2,(H,15,18)(H,16,17)(H,19,20). The molecule has 0 spiro atoms. The Labute approximate surface area is 117 Å². The molecule has 1 aromatic rings. The lowest BCUT2D eigenvalue weighted by atomic mass is 9.79. The number of carboxylic acids is 1. The number of nitrogens with zero attached hydrogens (tertiary/aromatic N) is 1. The maximum atomic E-state index is 12.2. The second kappa shape index (κ2) is 5.90. The van der Waals surface area contributed by atoms with Crippen molar-refractivity contribution in [2.45, 2.75) is 44.1 Å². The fraction of sp³-hybridized carbons (Fsp3) is 0.500. The first-order valence-corrected chi connectivity index (χ1v) is 6.78. The Hall–Kier alpha value is -2.11. The van der Waals surface area contributed by atoms with Gasteiger partial charge < -0.3 is 10.4 Å². The topological polar surface area (TPSA) is 95.1 Å². The van der Waals surface area contributed by atoms with E-state index < -0.39 is 5.97 Å². The van der Waals surface area contributed by atoms with Crippen molar-refractivity contribution in [1.29, 1.82) is 0 Å². The molecule has 1 fully saturated rings. The van der Waals surface area contributed by atoms with Gasteiger partial charge in [0.2, 0.25) is 0 Å². The highest BCUT2D eigenvalue weighted by atomic mass is 16.4. The monoisotopic (exact) mass is 277 g/mol. The van der Waals surface area contributed by atoms with E-state index in [0.29, 0.717) is 0 Å². The van der Waals surface area contributed by atoms with E-state index in [4.69, 9.17) is 5.11 Å². The van der Waals surface area contributed by atoms with Gasteiger partial charge in [0.05, 0.1) is 0 Å². The van der Waals surface area contributed by atoms with Crippen molar-refractivity contribution >= 4 is 11.9 Å². The fourth-order valence-electron chi connectivity index (χ4n) is 2.74. The van der Waals surface area contributed by atoms with Crippen LogP contribution in [0.25, 0.3) is 0 Å². The van der Waals surface area contributed by atoms with Crippen molar-refractivity contribution in [2.24, 2.45) is 0 Å². The van der Waals surface area contributed by atoms with Crippen LogP contribution in [0, 0.1) is 0 Å². The number of nitrogens with one attached hydrogen (secondary N) is 2. The van der Waals surface area contributed by atoms with E-state index in [-0.39, 0.29) is 22.8 Å². The van der Waals surface area contributed by atoms with Crippen LogP contribution in [0.3, 0.4) is 0 Å². The summed E-state index contributed by atoms with van der Waals surface area (Å²) in [4.78, 5) is 23.0. The molecular formula is C14H19N3O3. The van der Waals surface area contributed by atoms with Gasteiger partial charge in [-0.1, -0.05) is 25.3 Å². The molecule has 1 amide bonds. The average Bonchev–Trinajstić information content (AvgIpc) is 2.89. The highest BCUT2D eigenvalue weighted by Gasteiger charge is 2.33. The molecule has 1 heterocycles. The smallest absolute Gasteiger partial charge is 0.353 e. The van der Waals surface area contributed by atoms with Crippen LogP contribution in [-0.2, 0) is 0 Å². The zero-order chi connectivity index (χ0) is 14.6. The number of carbonyl (C=O) groups excluding carboxylic acids is 1. The minimum atomic E-state index is -1.13. The predicted molar refractivity (Wildman–Crippen MR) is 73.6 cm³/mol. The molecule has 0 radical (unpaired) electrons. The van der Waals surface area contributed by atoms with Crippen LogP contribution in [0.4, 0.5) is 0 Å². The molecule has 0 aliphatic heterocycles. The molecule has 6 heteroatoms. The molecule has 0 bridgehead atoms. The van der Waals surface area contributed by atoms with E-state index in [2.05, 4.69) is 22.1 Å². The molecule has 1 aliphatic rings. The SMILES string of the molecule is C=CCC1(NC(=O)c2cc(C(=O)O)[nH]n2)CCCCC1. The molecule has 6 nitrogen and oxygen atoms in total. The lowest BCUT2D eigenvalue weighted by Crippen LogP contribution is -2.49. The molecule has 108 valence electrons. The Bertz CT molecular complexity index is 515. The number of amides is 1. The Morgan fingerprint density at radius 2 is 2.15 bits per heavy atom. The zero-order valence-electron chi connectivity index (χ0n) is 11.3. The number of rotatable bonds is 5. The molecule has 1 saturated carbocycles. The quantitative estimate of drug-likeness (QED) is 0.718. The molecule has 3 N–H and O–H groups in total. The van der Waals surface area contributed by atoms with E-state index in [9.17, 15) is 9.59 Å². The normalized spacial score (nSPS) is 17.4. The first-order chi connectivity index (χ1) is 9.56. The maximum absolute atomic E-state index is 12.2. The van der Waals surface area contributed by atoms with E-state index in [1.54, 1.807) is 0 Å². The highest BCUT2D eigenvalue weighted by Crippen LogP contribution is 2.31. The molecule has 1 aliphatic carbocycles. The van der Waals surface area contributed by atoms with Gasteiger partial charge in [-0.2, -0.15) is 5.10 Å². The van der Waals surface area contributed by atoms with Crippen LogP contribution in [0.15, 0.2) is 18.7 Å². The van der Waals surface area contributed by atoms with Gasteiger partial charge in [0.25, 0.3) is 5.91 Å². The van der Waals surface area contributed by atoms with Gasteiger partial charge in [0.15, 0.2) is 5.69 Å². The average molecular weight is 277 g/mol. The lowest BCUT2D eigenvalue weighted by Gasteiger charge is -2.37. The first-order valence-electron chi connectivity index (χ1n) is 6.78. The van der Waals surface area contributed by atoms with Gasteiger partial charge in [-0.15, -0.1) is 6.58 Å². The molecule has 0 aromatic carbocycles. The summed E-state index contributed by atoms with van der Waals surface area (Å²) >= 11 is 0. The van der Waals surface area contributed by atoms with Gasteiger partial charge in [0, 0.05) is 11.6 Å². The number of aromatic amines is 1. The van der Waals surface area contributed by atoms with Crippen LogP contribution in [-0.4, -0.2) is 32.7 Å². The second-order valence-corrected chi connectivity index (χ2v) is 5.26. The molecule has 2 rings (SSSR count). The predicted octanol–water partition coefficient (Wildman–Crippen LogP) is 2.12. The second-order valence-electron chi connectivity index (χ2n) is 5.26. The summed E-state index contributed by atoms with van der Waals surface area (Å²) in [5.41, 5.74) is -0.243. The van der Waals surface area contributed by atoms with E-state index >= 15 is 0 Å². The van der Waals surface area contributed by atoms with E-state index in [1.165, 1.54) is 12.5 Å². The minimum absolute atomic E-state index is 0.0865. The number of hydrogen-bond donors (Lipinski definition) is 3. The summed E-state index contributed by atoms with van der Waals surface area (Å²) in [5.74, 6) is -1.47. The number of hydrogen-bond acceptors (Lipinski definition) is 3. The number of aromatic carboxylic acids is 1. The summed E-state index contributed by atoms with van der Waals surface area (Å²) in [5, 5.41) is 17.9. The van der Waals surface area contributed by atoms with E-state index in [0.717, 1.165) is 32.1 Å². The number of aromatic nitrogens is 2. The van der Waals surface area contributed by atoms with Gasteiger partial charge in [-0.25, -0.2) is 4.79 Å². The summed E-state index contributed by atoms with van der Waals surface area (Å²) in [7, 11) is 0. The van der Waals surface area contributed by atoms with Crippen molar-refractivity contribution in [1.82, 2.24) is 15.5 Å². The van der Waals surface area contributed by atoms with Gasteiger partial charge >= 0.3 is 5.97 Å². The third-order valence-electron chi connectivity index (χ3n) is 3.77. The van der Waals surface area contributed by atoms with Crippen molar-refractivity contribution in [3.8, 4) is 0 Å². The van der Waals surface area contributed by atoms with Crippen molar-refractivity contribution in [3.63, 3.8) is 0 Å². The summed E-state index contributed by atoms with van der Waals surface area (Å²) < 4.78 is 0. The molecule has 0 atom stereocenters. The van der Waals surface area contributed by atoms with Gasteiger partial charge in [0.1, 0.15) is 5.69 Å². The van der Waals surface area contributed by atoms with E-state index in [1.807, 2.05) is 6.08 Å². The fourth-order valence-corrected chi connectivity index (χ4v) is 2.74. The van der Waals surface area contributed by atoms with Gasteiger partial charge in [-0.05, 0) is 19.3 Å². The van der Waals surface area contributed by atoms with Crippen molar-refractivity contribution in [2.75, 3.05) is 0 Å². The summed E-state index contributed by atoms with van der Waals surface area (Å²) in [6, 6.07) is 1.25. The Balaban J connectivity index is 2.11. The zero-order valence-corrected chi connectivity index (χ0v) is 11.3. The number of carbonyl (C=O) groups is 2. The van der Waals surface area contributed by atoms with Crippen LogP contribution in [0.5, 0.6) is 0 Å². The van der Waals surface area contributed by atoms with Crippen LogP contribution < -0.4 is 5.32 Å². The van der Waals surface area contributed by atoms with Crippen molar-refractivity contribution < 1.29 is 14.7 Å². The summed E-state index contributed by atoms with van der Waals surface area (Å²) in [6.45, 7) is 3.76. The molecular weight excluding hydrogens is 258 g/mol. The highest BCUT2D eigenvalue weighted by molar-refractivity contribution is 5.95. The molecule has 0 saturated heterocycles. The van der Waals surface area contributed by atoms with Crippen LogP contribution in [0.2, 0.25) is 0 Å². The minimum Gasteiger partial charge on any atom is -0.477 e. The summed E-state index contributed by atoms with van der Waals surface area (Å²) in [6.07, 6.45) is 7.71. The Morgan fingerprint density at radius 1 is 1.45 bits per heavy atom. The van der Waals surface area contributed by atoms with Crippen LogP contribution >= 0.6 is 0 Å². The number of H-pyrrole nitrogens is 1. The first kappa shape index (κ1) is 14.3. The molecule has 20 heavy (non-hydrogen) atoms. The van der Waals surface area contributed by atoms with Crippen molar-refractivity contribution in [3.05, 3.63) is 30.1 Å². The molecule has 1 aromatic heterocycles. The number of carboxylic acid groups (broad SMARTS) is 1. The van der Waals surface area contributed by atoms with Crippen LogP contribution in [0.1, 0.15) is 59.5 Å². The maximum Gasteiger partial charge on any atom is 0.353 e.